The molecule has 0 fully saturated rings. The molecular weight excluding hydrogens is 332 g/mol. The van der Waals surface area contributed by atoms with Gasteiger partial charge in [-0.3, -0.25) is 0 Å². The zero-order chi connectivity index (χ0) is 16.5. The fourth-order valence-electron chi connectivity index (χ4n) is 2.14. The van der Waals surface area contributed by atoms with Crippen LogP contribution in [0.2, 0.25) is 5.02 Å². The van der Waals surface area contributed by atoms with Gasteiger partial charge in [0.15, 0.2) is 5.13 Å². The van der Waals surface area contributed by atoms with Crippen molar-refractivity contribution in [3.05, 3.63) is 34.7 Å². The molecule has 0 radical (unpaired) electrons. The van der Waals surface area contributed by atoms with Crippen molar-refractivity contribution in [3.8, 4) is 11.3 Å². The average Bonchev–Trinajstić information content (AvgIpc) is 3.04. The number of hydrogen-bond acceptors (Lipinski definition) is 5. The van der Waals surface area contributed by atoms with Gasteiger partial charge in [-0.1, -0.05) is 29.8 Å². The van der Waals surface area contributed by atoms with Crippen molar-refractivity contribution in [1.29, 1.82) is 0 Å². The molecular formula is C17H23ClN2O2S. The number of ether oxygens (including phenoxy) is 2. The van der Waals surface area contributed by atoms with E-state index in [1.54, 1.807) is 11.3 Å². The van der Waals surface area contributed by atoms with E-state index in [4.69, 9.17) is 26.1 Å². The Morgan fingerprint density at radius 1 is 1.09 bits per heavy atom. The highest BCUT2D eigenvalue weighted by Crippen LogP contribution is 2.31. The molecule has 0 aliphatic rings. The summed E-state index contributed by atoms with van der Waals surface area (Å²) in [5, 5.41) is 3.74. The molecule has 0 unspecified atom stereocenters. The van der Waals surface area contributed by atoms with E-state index in [0.717, 1.165) is 47.7 Å². The highest BCUT2D eigenvalue weighted by molar-refractivity contribution is 7.14. The predicted octanol–water partition coefficient (Wildman–Crippen LogP) is 4.34. The van der Waals surface area contributed by atoms with Crippen molar-refractivity contribution in [2.45, 2.75) is 13.8 Å². The standard InChI is InChI=1S/C17H23ClN2O2S/c1-3-21-11-9-20(10-12-22-4-2)17-19-16(13-23-17)14-7-5-6-8-15(14)18/h5-8,13H,3-4,9-12H2,1-2H3. The third kappa shape index (κ3) is 5.46. The Kier molecular flexibility index (Phi) is 7.82. The van der Waals surface area contributed by atoms with Crippen LogP contribution >= 0.6 is 22.9 Å². The van der Waals surface area contributed by atoms with E-state index in [1.165, 1.54) is 0 Å². The molecule has 0 aliphatic carbocycles. The number of aromatic nitrogens is 1. The van der Waals surface area contributed by atoms with Gasteiger partial charge < -0.3 is 14.4 Å². The van der Waals surface area contributed by atoms with Gasteiger partial charge in [0.2, 0.25) is 0 Å². The van der Waals surface area contributed by atoms with Crippen molar-refractivity contribution >= 4 is 28.1 Å². The smallest absolute Gasteiger partial charge is 0.186 e. The average molecular weight is 355 g/mol. The molecule has 0 saturated carbocycles. The Morgan fingerprint density at radius 3 is 2.35 bits per heavy atom. The molecule has 0 aliphatic heterocycles. The second-order valence-electron chi connectivity index (χ2n) is 4.88. The normalized spacial score (nSPS) is 10.9. The van der Waals surface area contributed by atoms with Crippen LogP contribution in [-0.2, 0) is 9.47 Å². The minimum absolute atomic E-state index is 0.684. The third-order valence-electron chi connectivity index (χ3n) is 3.33. The lowest BCUT2D eigenvalue weighted by Crippen LogP contribution is -2.31. The highest BCUT2D eigenvalue weighted by Gasteiger charge is 2.13. The molecule has 0 bridgehead atoms. The van der Waals surface area contributed by atoms with Gasteiger partial charge in [0.05, 0.1) is 18.9 Å². The lowest BCUT2D eigenvalue weighted by molar-refractivity contribution is 0.141. The fourth-order valence-corrected chi connectivity index (χ4v) is 3.26. The van der Waals surface area contributed by atoms with Gasteiger partial charge in [0.1, 0.15) is 0 Å². The number of thiazole rings is 1. The van der Waals surface area contributed by atoms with Crippen LogP contribution in [0.15, 0.2) is 29.6 Å². The van der Waals surface area contributed by atoms with E-state index in [2.05, 4.69) is 4.90 Å². The molecule has 0 amide bonds. The molecule has 0 saturated heterocycles. The first-order chi connectivity index (χ1) is 11.3. The maximum absolute atomic E-state index is 6.26. The van der Waals surface area contributed by atoms with Crippen molar-refractivity contribution in [2.24, 2.45) is 0 Å². The van der Waals surface area contributed by atoms with Crippen LogP contribution in [0.1, 0.15) is 13.8 Å². The van der Waals surface area contributed by atoms with Crippen molar-refractivity contribution in [1.82, 2.24) is 4.98 Å². The Bertz CT molecular complexity index is 581. The van der Waals surface area contributed by atoms with Crippen LogP contribution in [0.25, 0.3) is 11.3 Å². The summed E-state index contributed by atoms with van der Waals surface area (Å²) in [7, 11) is 0. The monoisotopic (exact) mass is 354 g/mol. The van der Waals surface area contributed by atoms with Gasteiger partial charge >= 0.3 is 0 Å². The van der Waals surface area contributed by atoms with Gasteiger partial charge in [0.25, 0.3) is 0 Å². The van der Waals surface area contributed by atoms with Gasteiger partial charge in [-0.2, -0.15) is 0 Å². The summed E-state index contributed by atoms with van der Waals surface area (Å²) >= 11 is 7.89. The minimum Gasteiger partial charge on any atom is -0.380 e. The van der Waals surface area contributed by atoms with Crippen molar-refractivity contribution in [3.63, 3.8) is 0 Å². The van der Waals surface area contributed by atoms with Gasteiger partial charge in [-0.05, 0) is 19.9 Å². The number of halogens is 1. The first kappa shape index (κ1) is 18.2. The number of nitrogens with zero attached hydrogens (tertiary/aromatic N) is 2. The van der Waals surface area contributed by atoms with Gasteiger partial charge in [-0.15, -0.1) is 11.3 Å². The number of hydrogen-bond donors (Lipinski definition) is 0. The van der Waals surface area contributed by atoms with Crippen LogP contribution in [0.3, 0.4) is 0 Å². The number of rotatable bonds is 10. The summed E-state index contributed by atoms with van der Waals surface area (Å²) in [6.45, 7) is 8.43. The molecule has 0 N–H and O–H groups in total. The largest absolute Gasteiger partial charge is 0.380 e. The van der Waals surface area contributed by atoms with Crippen LogP contribution in [0.5, 0.6) is 0 Å². The summed E-state index contributed by atoms with van der Waals surface area (Å²) in [5.41, 5.74) is 1.87. The van der Waals surface area contributed by atoms with E-state index in [9.17, 15) is 0 Å². The Labute approximate surface area is 147 Å². The fraction of sp³-hybridized carbons (Fsp3) is 0.471. The van der Waals surface area contributed by atoms with E-state index in [-0.39, 0.29) is 0 Å². The van der Waals surface area contributed by atoms with Crippen LogP contribution in [0, 0.1) is 0 Å². The molecule has 1 aromatic carbocycles. The zero-order valence-corrected chi connectivity index (χ0v) is 15.2. The number of benzene rings is 1. The first-order valence-electron chi connectivity index (χ1n) is 7.87. The molecule has 126 valence electrons. The second-order valence-corrected chi connectivity index (χ2v) is 6.12. The molecule has 23 heavy (non-hydrogen) atoms. The third-order valence-corrected chi connectivity index (χ3v) is 4.56. The van der Waals surface area contributed by atoms with E-state index in [1.807, 2.05) is 43.5 Å². The molecule has 2 aromatic rings. The summed E-state index contributed by atoms with van der Waals surface area (Å²) in [6.07, 6.45) is 0. The molecule has 0 spiro atoms. The molecule has 6 heteroatoms. The highest BCUT2D eigenvalue weighted by atomic mass is 35.5. The minimum atomic E-state index is 0.684. The topological polar surface area (TPSA) is 34.6 Å². The zero-order valence-electron chi connectivity index (χ0n) is 13.6. The van der Waals surface area contributed by atoms with Crippen molar-refractivity contribution in [2.75, 3.05) is 44.4 Å². The van der Waals surface area contributed by atoms with Gasteiger partial charge in [-0.25, -0.2) is 4.98 Å². The summed E-state index contributed by atoms with van der Waals surface area (Å²) in [4.78, 5) is 6.95. The molecule has 0 atom stereocenters. The Morgan fingerprint density at radius 2 is 1.74 bits per heavy atom. The van der Waals surface area contributed by atoms with E-state index < -0.39 is 0 Å². The van der Waals surface area contributed by atoms with E-state index >= 15 is 0 Å². The SMILES string of the molecule is CCOCCN(CCOCC)c1nc(-c2ccccc2Cl)cs1. The number of anilines is 1. The van der Waals surface area contributed by atoms with Gasteiger partial charge in [0, 0.05) is 42.3 Å². The van der Waals surface area contributed by atoms with Crippen LogP contribution in [-0.4, -0.2) is 44.5 Å². The lowest BCUT2D eigenvalue weighted by Gasteiger charge is -2.21. The Hall–Kier alpha value is -1.14. The predicted molar refractivity (Wildman–Crippen MR) is 97.8 cm³/mol. The van der Waals surface area contributed by atoms with Crippen molar-refractivity contribution < 1.29 is 9.47 Å². The molecule has 4 nitrogen and oxygen atoms in total. The van der Waals surface area contributed by atoms with Crippen LogP contribution < -0.4 is 4.90 Å². The summed E-state index contributed by atoms with van der Waals surface area (Å²) in [5.74, 6) is 0. The lowest BCUT2D eigenvalue weighted by atomic mass is 10.2. The molecule has 1 aromatic heterocycles. The Balaban J connectivity index is 2.10. The maximum Gasteiger partial charge on any atom is 0.186 e. The quantitative estimate of drug-likeness (QED) is 0.594. The second kappa shape index (κ2) is 9.88. The maximum atomic E-state index is 6.26. The molecule has 1 heterocycles. The summed E-state index contributed by atoms with van der Waals surface area (Å²) in [6, 6.07) is 7.78. The summed E-state index contributed by atoms with van der Waals surface area (Å²) < 4.78 is 11.0. The van der Waals surface area contributed by atoms with E-state index in [0.29, 0.717) is 13.2 Å². The molecule has 2 rings (SSSR count). The van der Waals surface area contributed by atoms with Crippen LogP contribution in [0.4, 0.5) is 5.13 Å². The first-order valence-corrected chi connectivity index (χ1v) is 9.12.